The zero-order valence-corrected chi connectivity index (χ0v) is 17.0. The van der Waals surface area contributed by atoms with Crippen LogP contribution in [0.25, 0.3) is 0 Å². The second kappa shape index (κ2) is 8.16. The number of benzene rings is 1. The Morgan fingerprint density at radius 3 is 2.63 bits per heavy atom. The number of rotatable bonds is 6. The molecule has 0 saturated heterocycles. The largest absolute Gasteiger partial charge is 0.399 e. The summed E-state index contributed by atoms with van der Waals surface area (Å²) in [7, 11) is 3.62. The quantitative estimate of drug-likeness (QED) is 0.758. The van der Waals surface area contributed by atoms with Crippen molar-refractivity contribution in [3.63, 3.8) is 0 Å². The molecule has 3 N–H and O–H groups in total. The standard InChI is InChI=1S/C22H30N4O/c1-14(2)25(7)16(4)19-11-20(22(27)24-6)17(5)26(13-19)12-18-9-8-10-21(23)15(18)3/h8-11,13-14H,4-5,12,23H2,1-3,6-7H3,(H,24,27). The second-order valence-corrected chi connectivity index (χ2v) is 7.08. The van der Waals surface area contributed by atoms with Crippen molar-refractivity contribution in [2.75, 3.05) is 19.8 Å². The summed E-state index contributed by atoms with van der Waals surface area (Å²) in [6, 6.07) is 6.17. The van der Waals surface area contributed by atoms with Crippen molar-refractivity contribution < 1.29 is 4.79 Å². The van der Waals surface area contributed by atoms with Crippen molar-refractivity contribution in [3.8, 4) is 0 Å². The van der Waals surface area contributed by atoms with Crippen LogP contribution in [0.1, 0.15) is 25.0 Å². The number of nitrogens with two attached hydrogens (primary N) is 1. The van der Waals surface area contributed by atoms with E-state index in [1.54, 1.807) is 7.05 Å². The smallest absolute Gasteiger partial charge is 0.253 e. The molecule has 0 radical (unpaired) electrons. The second-order valence-electron chi connectivity index (χ2n) is 7.08. The highest BCUT2D eigenvalue weighted by Crippen LogP contribution is 2.30. The Labute approximate surface area is 162 Å². The van der Waals surface area contributed by atoms with E-state index in [9.17, 15) is 4.79 Å². The van der Waals surface area contributed by atoms with Gasteiger partial charge in [-0.25, -0.2) is 0 Å². The van der Waals surface area contributed by atoms with Gasteiger partial charge in [-0.05, 0) is 44.0 Å². The van der Waals surface area contributed by atoms with Gasteiger partial charge in [-0.1, -0.05) is 25.3 Å². The molecule has 0 unspecified atom stereocenters. The number of nitrogens with one attached hydrogen (secondary N) is 1. The van der Waals surface area contributed by atoms with Crippen LogP contribution in [-0.4, -0.2) is 35.8 Å². The van der Waals surface area contributed by atoms with Crippen LogP contribution in [0.15, 0.2) is 66.2 Å². The molecule has 144 valence electrons. The molecule has 27 heavy (non-hydrogen) atoms. The third-order valence-corrected chi connectivity index (χ3v) is 5.09. The Balaban J connectivity index is 2.45. The van der Waals surface area contributed by atoms with E-state index in [0.717, 1.165) is 28.1 Å². The fourth-order valence-corrected chi connectivity index (χ4v) is 2.88. The molecule has 1 aromatic carbocycles. The van der Waals surface area contributed by atoms with Gasteiger partial charge in [-0.15, -0.1) is 0 Å². The third-order valence-electron chi connectivity index (χ3n) is 5.09. The maximum absolute atomic E-state index is 12.4. The highest BCUT2D eigenvalue weighted by Gasteiger charge is 2.24. The average Bonchev–Trinajstić information content (AvgIpc) is 2.64. The Hall–Kier alpha value is -2.95. The zero-order valence-electron chi connectivity index (χ0n) is 17.0. The lowest BCUT2D eigenvalue weighted by Crippen LogP contribution is -2.31. The van der Waals surface area contributed by atoms with Crippen LogP contribution in [0.3, 0.4) is 0 Å². The van der Waals surface area contributed by atoms with Gasteiger partial charge in [0.2, 0.25) is 0 Å². The summed E-state index contributed by atoms with van der Waals surface area (Å²) in [6.07, 6.45) is 3.85. The highest BCUT2D eigenvalue weighted by molar-refractivity contribution is 5.98. The molecule has 0 aliphatic carbocycles. The fraction of sp³-hybridized carbons (Fsp3) is 0.318. The monoisotopic (exact) mass is 366 g/mol. The summed E-state index contributed by atoms with van der Waals surface area (Å²) in [6.45, 7) is 15.2. The fourth-order valence-electron chi connectivity index (χ4n) is 2.88. The molecule has 2 rings (SSSR count). The van der Waals surface area contributed by atoms with E-state index in [1.165, 1.54) is 0 Å². The predicted octanol–water partition coefficient (Wildman–Crippen LogP) is 3.32. The van der Waals surface area contributed by atoms with Gasteiger partial charge in [0.25, 0.3) is 5.91 Å². The number of likely N-dealkylation sites (N-methyl/N-ethyl adjacent to an activating group) is 2. The minimum atomic E-state index is -0.167. The van der Waals surface area contributed by atoms with Gasteiger partial charge in [0.05, 0.1) is 5.57 Å². The third kappa shape index (κ3) is 4.25. The number of anilines is 1. The van der Waals surface area contributed by atoms with E-state index in [1.807, 2.05) is 49.3 Å². The average molecular weight is 367 g/mol. The molecule has 0 bridgehead atoms. The summed E-state index contributed by atoms with van der Waals surface area (Å²) in [5.41, 5.74) is 11.9. The van der Waals surface area contributed by atoms with E-state index in [0.29, 0.717) is 23.9 Å². The van der Waals surface area contributed by atoms with E-state index in [2.05, 4.69) is 37.2 Å². The normalized spacial score (nSPS) is 14.0. The van der Waals surface area contributed by atoms with Crippen molar-refractivity contribution in [1.82, 2.24) is 15.1 Å². The lowest BCUT2D eigenvalue weighted by molar-refractivity contribution is -0.116. The molecule has 5 heteroatoms. The van der Waals surface area contributed by atoms with Gasteiger partial charge in [0.1, 0.15) is 0 Å². The summed E-state index contributed by atoms with van der Waals surface area (Å²) in [4.78, 5) is 16.5. The van der Waals surface area contributed by atoms with Crippen LogP contribution >= 0.6 is 0 Å². The van der Waals surface area contributed by atoms with E-state index in [4.69, 9.17) is 5.73 Å². The number of allylic oxidation sites excluding steroid dienone is 1. The molecule has 0 saturated carbocycles. The molecule has 1 aliphatic heterocycles. The van der Waals surface area contributed by atoms with E-state index in [-0.39, 0.29) is 5.91 Å². The zero-order chi connectivity index (χ0) is 20.3. The summed E-state index contributed by atoms with van der Waals surface area (Å²) >= 11 is 0. The predicted molar refractivity (Wildman–Crippen MR) is 113 cm³/mol. The number of carbonyl (C=O) groups is 1. The molecule has 1 aliphatic rings. The van der Waals surface area contributed by atoms with Crippen molar-refractivity contribution in [1.29, 1.82) is 0 Å². The Morgan fingerprint density at radius 2 is 2.04 bits per heavy atom. The van der Waals surface area contributed by atoms with Gasteiger partial charge in [0, 0.05) is 55.5 Å². The first-order valence-electron chi connectivity index (χ1n) is 9.05. The lowest BCUT2D eigenvalue weighted by atomic mass is 9.99. The van der Waals surface area contributed by atoms with Crippen LogP contribution in [0.2, 0.25) is 0 Å². The maximum atomic E-state index is 12.4. The highest BCUT2D eigenvalue weighted by atomic mass is 16.1. The Bertz CT molecular complexity index is 833. The molecule has 5 nitrogen and oxygen atoms in total. The van der Waals surface area contributed by atoms with E-state index >= 15 is 0 Å². The minimum absolute atomic E-state index is 0.167. The first-order chi connectivity index (χ1) is 12.7. The maximum Gasteiger partial charge on any atom is 0.253 e. The molecule has 0 aromatic heterocycles. The topological polar surface area (TPSA) is 61.6 Å². The van der Waals surface area contributed by atoms with Crippen molar-refractivity contribution in [2.24, 2.45) is 0 Å². The molecule has 1 heterocycles. The Kier molecular flexibility index (Phi) is 6.16. The van der Waals surface area contributed by atoms with Gasteiger partial charge < -0.3 is 20.9 Å². The molecular weight excluding hydrogens is 336 g/mol. The lowest BCUT2D eigenvalue weighted by Gasteiger charge is -2.33. The molecular formula is C22H30N4O. The molecule has 1 aromatic rings. The summed E-state index contributed by atoms with van der Waals surface area (Å²) in [5, 5.41) is 2.70. The molecule has 0 spiro atoms. The molecule has 0 atom stereocenters. The van der Waals surface area contributed by atoms with Crippen molar-refractivity contribution >= 4 is 11.6 Å². The number of hydrogen-bond acceptors (Lipinski definition) is 4. The SMILES string of the molecule is C=C1C(C(=O)NC)=CC(C(=C)N(C)C(C)C)=CN1Cc1cccc(N)c1C. The Morgan fingerprint density at radius 1 is 1.37 bits per heavy atom. The first kappa shape index (κ1) is 20.4. The number of carbonyl (C=O) groups excluding carboxylic acids is 1. The van der Waals surface area contributed by atoms with Crippen molar-refractivity contribution in [2.45, 2.75) is 33.4 Å². The van der Waals surface area contributed by atoms with Crippen LogP contribution in [0, 0.1) is 6.92 Å². The van der Waals surface area contributed by atoms with Gasteiger partial charge in [-0.3, -0.25) is 4.79 Å². The van der Waals surface area contributed by atoms with Crippen LogP contribution < -0.4 is 11.1 Å². The summed E-state index contributed by atoms with van der Waals surface area (Å²) in [5.74, 6) is -0.167. The van der Waals surface area contributed by atoms with E-state index < -0.39 is 0 Å². The summed E-state index contributed by atoms with van der Waals surface area (Å²) < 4.78 is 0. The molecule has 1 amide bonds. The van der Waals surface area contributed by atoms with Gasteiger partial charge in [-0.2, -0.15) is 0 Å². The van der Waals surface area contributed by atoms with Crippen LogP contribution in [-0.2, 0) is 11.3 Å². The van der Waals surface area contributed by atoms with Gasteiger partial charge in [0.15, 0.2) is 0 Å². The number of nitrogens with zero attached hydrogens (tertiary/aromatic N) is 2. The van der Waals surface area contributed by atoms with Crippen molar-refractivity contribution in [3.05, 3.63) is 77.3 Å². The number of hydrogen-bond donors (Lipinski definition) is 2. The van der Waals surface area contributed by atoms with Crippen LogP contribution in [0.4, 0.5) is 5.69 Å². The molecule has 0 fully saturated rings. The number of amides is 1. The number of nitrogen functional groups attached to an aromatic ring is 1. The van der Waals surface area contributed by atoms with Gasteiger partial charge >= 0.3 is 0 Å². The minimum Gasteiger partial charge on any atom is -0.399 e. The van der Waals surface area contributed by atoms with Crippen LogP contribution in [0.5, 0.6) is 0 Å². The first-order valence-corrected chi connectivity index (χ1v) is 9.05.